The number of hydrogen-bond acceptors (Lipinski definition) is 4. The number of carboxylic acids is 1. The highest BCUT2D eigenvalue weighted by atomic mass is 32.1. The van der Waals surface area contributed by atoms with Crippen molar-refractivity contribution in [2.75, 3.05) is 0 Å². The highest BCUT2D eigenvalue weighted by Gasteiger charge is 2.21. The highest BCUT2D eigenvalue weighted by Crippen LogP contribution is 2.22. The van der Waals surface area contributed by atoms with Crippen LogP contribution in [0.3, 0.4) is 0 Å². The normalized spacial score (nSPS) is 12.8. The first-order valence-electron chi connectivity index (χ1n) is 3.68. The number of aromatic nitrogens is 2. The second-order valence-electron chi connectivity index (χ2n) is 2.46. The summed E-state index contributed by atoms with van der Waals surface area (Å²) in [6.45, 7) is 3.64. The Morgan fingerprint density at radius 3 is 2.67 bits per heavy atom. The first kappa shape index (κ1) is 9.12. The molecule has 0 fully saturated rings. The summed E-state index contributed by atoms with van der Waals surface area (Å²) in [5.74, 6) is -1.31. The average Bonchev–Trinajstić information content (AvgIpc) is 2.37. The zero-order chi connectivity index (χ0) is 9.14. The smallest absolute Gasteiger partial charge is 0.313 e. The van der Waals surface area contributed by atoms with E-state index in [0.29, 0.717) is 11.4 Å². The van der Waals surface area contributed by atoms with Gasteiger partial charge in [0.25, 0.3) is 0 Å². The lowest BCUT2D eigenvalue weighted by Gasteiger charge is -2.02. The molecule has 1 unspecified atom stereocenters. The number of hydrogen-bond donors (Lipinski definition) is 1. The van der Waals surface area contributed by atoms with Gasteiger partial charge in [-0.2, -0.15) is 0 Å². The summed E-state index contributed by atoms with van der Waals surface area (Å²) >= 11 is 1.35. The molecule has 0 aliphatic rings. The third kappa shape index (κ3) is 1.79. The van der Waals surface area contributed by atoms with Crippen molar-refractivity contribution in [3.05, 3.63) is 10.0 Å². The van der Waals surface area contributed by atoms with Gasteiger partial charge < -0.3 is 5.11 Å². The molecule has 4 nitrogen and oxygen atoms in total. The minimum Gasteiger partial charge on any atom is -0.481 e. The Morgan fingerprint density at radius 2 is 2.33 bits per heavy atom. The van der Waals surface area contributed by atoms with E-state index >= 15 is 0 Å². The zero-order valence-corrected chi connectivity index (χ0v) is 7.76. The number of aryl methyl sites for hydroxylation is 1. The minimum absolute atomic E-state index is 0.490. The first-order chi connectivity index (χ1) is 5.65. The lowest BCUT2D eigenvalue weighted by molar-refractivity contribution is -0.138. The summed E-state index contributed by atoms with van der Waals surface area (Å²) < 4.78 is 0. The van der Waals surface area contributed by atoms with Crippen molar-refractivity contribution in [2.45, 2.75) is 26.2 Å². The monoisotopic (exact) mass is 186 g/mol. The molecule has 0 amide bonds. The van der Waals surface area contributed by atoms with Crippen LogP contribution >= 0.6 is 11.3 Å². The van der Waals surface area contributed by atoms with Crippen LogP contribution in [0.4, 0.5) is 0 Å². The predicted molar refractivity (Wildman–Crippen MR) is 45.3 cm³/mol. The molecule has 12 heavy (non-hydrogen) atoms. The van der Waals surface area contributed by atoms with Crippen LogP contribution < -0.4 is 0 Å². The zero-order valence-electron chi connectivity index (χ0n) is 6.94. The number of carbonyl (C=O) groups is 1. The maximum absolute atomic E-state index is 10.7. The van der Waals surface area contributed by atoms with E-state index in [4.69, 9.17) is 5.11 Å². The van der Waals surface area contributed by atoms with Crippen LogP contribution in [0.2, 0.25) is 0 Å². The molecule has 5 heteroatoms. The minimum atomic E-state index is -0.825. The molecule has 0 saturated heterocycles. The fourth-order valence-corrected chi connectivity index (χ4v) is 1.78. The summed E-state index contributed by atoms with van der Waals surface area (Å²) in [6, 6.07) is 0. The second kappa shape index (κ2) is 3.62. The van der Waals surface area contributed by atoms with Gasteiger partial charge in [0.1, 0.15) is 15.9 Å². The molecule has 66 valence electrons. The lowest BCUT2D eigenvalue weighted by Crippen LogP contribution is -2.09. The molecule has 0 bridgehead atoms. The number of aliphatic carboxylic acids is 1. The van der Waals surface area contributed by atoms with Crippen molar-refractivity contribution < 1.29 is 9.90 Å². The van der Waals surface area contributed by atoms with Gasteiger partial charge in [0.05, 0.1) is 0 Å². The Labute approximate surface area is 74.3 Å². The van der Waals surface area contributed by atoms with Gasteiger partial charge in [-0.05, 0) is 13.3 Å². The van der Waals surface area contributed by atoms with E-state index in [1.165, 1.54) is 11.3 Å². The predicted octanol–water partition coefficient (Wildman–Crippen LogP) is 1.42. The van der Waals surface area contributed by atoms with Crippen LogP contribution in [-0.4, -0.2) is 21.3 Å². The Hall–Kier alpha value is -0.970. The van der Waals surface area contributed by atoms with Gasteiger partial charge in [0.2, 0.25) is 0 Å². The second-order valence-corrected chi connectivity index (χ2v) is 3.67. The Bertz CT molecular complexity index is 285. The maximum Gasteiger partial charge on any atom is 0.313 e. The van der Waals surface area contributed by atoms with Crippen LogP contribution in [-0.2, 0) is 4.79 Å². The van der Waals surface area contributed by atoms with Crippen molar-refractivity contribution >= 4 is 17.3 Å². The molecule has 0 aromatic carbocycles. The molecule has 1 aromatic heterocycles. The van der Waals surface area contributed by atoms with Gasteiger partial charge in [-0.3, -0.25) is 4.79 Å². The molecular weight excluding hydrogens is 176 g/mol. The largest absolute Gasteiger partial charge is 0.481 e. The molecule has 0 aliphatic heterocycles. The molecule has 1 atom stereocenters. The molecular formula is C7H10N2O2S. The third-order valence-corrected chi connectivity index (χ3v) is 2.50. The van der Waals surface area contributed by atoms with Crippen LogP contribution in [0.5, 0.6) is 0 Å². The van der Waals surface area contributed by atoms with Crippen LogP contribution in [0.15, 0.2) is 0 Å². The summed E-state index contributed by atoms with van der Waals surface area (Å²) in [4.78, 5) is 10.7. The van der Waals surface area contributed by atoms with Gasteiger partial charge >= 0.3 is 5.97 Å². The topological polar surface area (TPSA) is 63.1 Å². The van der Waals surface area contributed by atoms with Crippen LogP contribution in [0, 0.1) is 6.92 Å². The Kier molecular flexibility index (Phi) is 2.75. The van der Waals surface area contributed by atoms with E-state index in [1.54, 1.807) is 0 Å². The Balaban J connectivity index is 2.87. The van der Waals surface area contributed by atoms with E-state index in [2.05, 4.69) is 10.2 Å². The number of rotatable bonds is 3. The van der Waals surface area contributed by atoms with Crippen LogP contribution in [0.25, 0.3) is 0 Å². The van der Waals surface area contributed by atoms with E-state index < -0.39 is 11.9 Å². The van der Waals surface area contributed by atoms with Crippen molar-refractivity contribution in [3.63, 3.8) is 0 Å². The summed E-state index contributed by atoms with van der Waals surface area (Å²) in [7, 11) is 0. The average molecular weight is 186 g/mol. The third-order valence-electron chi connectivity index (χ3n) is 1.55. The Morgan fingerprint density at radius 1 is 1.67 bits per heavy atom. The summed E-state index contributed by atoms with van der Waals surface area (Å²) in [6.07, 6.45) is 0.559. The maximum atomic E-state index is 10.7. The molecule has 1 aromatic rings. The summed E-state index contributed by atoms with van der Waals surface area (Å²) in [5, 5.41) is 17.8. The van der Waals surface area contributed by atoms with E-state index in [-0.39, 0.29) is 0 Å². The molecule has 0 saturated carbocycles. The fraction of sp³-hybridized carbons (Fsp3) is 0.571. The number of carboxylic acid groups (broad SMARTS) is 1. The van der Waals surface area contributed by atoms with Crippen molar-refractivity contribution in [1.82, 2.24) is 10.2 Å². The van der Waals surface area contributed by atoms with Gasteiger partial charge in [-0.1, -0.05) is 6.92 Å². The first-order valence-corrected chi connectivity index (χ1v) is 4.49. The van der Waals surface area contributed by atoms with E-state index in [9.17, 15) is 4.79 Å². The van der Waals surface area contributed by atoms with Gasteiger partial charge in [-0.15, -0.1) is 21.5 Å². The van der Waals surface area contributed by atoms with Crippen LogP contribution in [0.1, 0.15) is 29.3 Å². The van der Waals surface area contributed by atoms with Crippen molar-refractivity contribution in [3.8, 4) is 0 Å². The molecule has 1 N–H and O–H groups in total. The lowest BCUT2D eigenvalue weighted by atomic mass is 10.1. The molecule has 1 heterocycles. The molecule has 0 aliphatic carbocycles. The molecule has 1 rings (SSSR count). The van der Waals surface area contributed by atoms with Crippen molar-refractivity contribution in [2.24, 2.45) is 0 Å². The quantitative estimate of drug-likeness (QED) is 0.775. The van der Waals surface area contributed by atoms with Gasteiger partial charge in [0.15, 0.2) is 0 Å². The van der Waals surface area contributed by atoms with Crippen molar-refractivity contribution in [1.29, 1.82) is 0 Å². The highest BCUT2D eigenvalue weighted by molar-refractivity contribution is 7.11. The van der Waals surface area contributed by atoms with E-state index in [0.717, 1.165) is 5.01 Å². The summed E-state index contributed by atoms with van der Waals surface area (Å²) in [5.41, 5.74) is 0. The fourth-order valence-electron chi connectivity index (χ4n) is 0.908. The molecule has 0 spiro atoms. The van der Waals surface area contributed by atoms with Gasteiger partial charge in [0, 0.05) is 0 Å². The van der Waals surface area contributed by atoms with E-state index in [1.807, 2.05) is 13.8 Å². The standard InChI is InChI=1S/C7H10N2O2S/c1-3-5(7(10)11)6-9-8-4(2)12-6/h5H,3H2,1-2H3,(H,10,11). The SMILES string of the molecule is CCC(C(=O)O)c1nnc(C)s1. The van der Waals surface area contributed by atoms with Gasteiger partial charge in [-0.25, -0.2) is 0 Å². The number of nitrogens with zero attached hydrogens (tertiary/aromatic N) is 2. The molecule has 0 radical (unpaired) electrons.